The highest BCUT2D eigenvalue weighted by molar-refractivity contribution is 6.13. The topological polar surface area (TPSA) is 139 Å². The number of anilines is 2. The number of phenols is 1. The molecule has 1 atom stereocenters. The van der Waals surface area contributed by atoms with Gasteiger partial charge in [-0.3, -0.25) is 9.59 Å². The number of fused-ring (bicyclic) bond motifs is 1. The summed E-state index contributed by atoms with van der Waals surface area (Å²) >= 11 is 0. The number of benzene rings is 1. The Morgan fingerprint density at radius 3 is 2.90 bits per heavy atom. The minimum Gasteiger partial charge on any atom is -0.508 e. The first kappa shape index (κ1) is 20.3. The first-order valence-electron chi connectivity index (χ1n) is 9.90. The minimum absolute atomic E-state index is 0.104. The smallest absolute Gasteiger partial charge is 0.277 e. The van der Waals surface area contributed by atoms with Crippen LogP contribution < -0.4 is 11.1 Å². The van der Waals surface area contributed by atoms with Gasteiger partial charge in [-0.05, 0) is 49.6 Å². The van der Waals surface area contributed by atoms with Crippen molar-refractivity contribution in [2.45, 2.75) is 25.8 Å². The Hall–Kier alpha value is -3.95. The van der Waals surface area contributed by atoms with Crippen LogP contribution in [0.3, 0.4) is 0 Å². The van der Waals surface area contributed by atoms with E-state index in [1.807, 2.05) is 0 Å². The van der Waals surface area contributed by atoms with Crippen molar-refractivity contribution in [3.05, 3.63) is 48.4 Å². The minimum atomic E-state index is -0.464. The Kier molecular flexibility index (Phi) is 5.28. The molecule has 0 radical (unpaired) electrons. The molecule has 1 aliphatic rings. The molecule has 1 fully saturated rings. The molecule has 1 unspecified atom stereocenters. The van der Waals surface area contributed by atoms with E-state index < -0.39 is 5.91 Å². The van der Waals surface area contributed by atoms with E-state index in [1.165, 1.54) is 18.5 Å². The van der Waals surface area contributed by atoms with Gasteiger partial charge in [-0.25, -0.2) is 14.6 Å². The summed E-state index contributed by atoms with van der Waals surface area (Å²) in [7, 11) is 0. The Labute approximate surface area is 178 Å². The maximum absolute atomic E-state index is 13.1. The molecule has 10 heteroatoms. The third kappa shape index (κ3) is 3.79. The van der Waals surface area contributed by atoms with Gasteiger partial charge >= 0.3 is 0 Å². The first-order chi connectivity index (χ1) is 14.9. The van der Waals surface area contributed by atoms with Crippen LogP contribution in [0, 0.1) is 6.92 Å². The number of nitrogens with one attached hydrogen (secondary N) is 1. The highest BCUT2D eigenvalue weighted by Crippen LogP contribution is 2.29. The second-order valence-corrected chi connectivity index (χ2v) is 7.49. The summed E-state index contributed by atoms with van der Waals surface area (Å²) in [6.45, 7) is 6.41. The summed E-state index contributed by atoms with van der Waals surface area (Å²) in [4.78, 5) is 35.2. The molecule has 0 aliphatic carbocycles. The molecule has 10 nitrogen and oxygen atoms in total. The lowest BCUT2D eigenvalue weighted by atomic mass is 10.1. The van der Waals surface area contributed by atoms with Crippen molar-refractivity contribution in [2.24, 2.45) is 0 Å². The maximum Gasteiger partial charge on any atom is 0.277 e. The van der Waals surface area contributed by atoms with Gasteiger partial charge in [0.25, 0.3) is 5.91 Å². The lowest BCUT2D eigenvalue weighted by Gasteiger charge is -2.32. The zero-order chi connectivity index (χ0) is 22.1. The number of aromatic hydroxyl groups is 1. The largest absolute Gasteiger partial charge is 0.508 e. The molecule has 0 spiro atoms. The van der Waals surface area contributed by atoms with Crippen molar-refractivity contribution in [2.75, 3.05) is 24.1 Å². The van der Waals surface area contributed by atoms with Gasteiger partial charge in [0, 0.05) is 18.8 Å². The molecule has 4 N–H and O–H groups in total. The standard InChI is InChI=1S/C21H23N7O3/c1-3-16(30)27-8-4-5-13(10-27)28-20-17(19(22)23-11-24-20)18(26-28)21(31)25-15-7-6-14(29)9-12(15)2/h3,6-7,9,11,13,29H,1,4-5,8,10H2,2H3,(H,25,31)(H2,22,23,24). The first-order valence-corrected chi connectivity index (χ1v) is 9.90. The molecular weight excluding hydrogens is 398 g/mol. The molecule has 1 saturated heterocycles. The van der Waals surface area contributed by atoms with Crippen LogP contribution in [0.4, 0.5) is 11.5 Å². The van der Waals surface area contributed by atoms with Crippen molar-refractivity contribution >= 4 is 34.4 Å². The number of likely N-dealkylation sites (tertiary alicyclic amines) is 1. The lowest BCUT2D eigenvalue weighted by Crippen LogP contribution is -2.40. The number of carbonyl (C=O) groups is 2. The lowest BCUT2D eigenvalue weighted by molar-refractivity contribution is -0.127. The highest BCUT2D eigenvalue weighted by atomic mass is 16.3. The van der Waals surface area contributed by atoms with Gasteiger partial charge < -0.3 is 21.1 Å². The SMILES string of the molecule is C=CC(=O)N1CCCC(n2nc(C(=O)Nc3ccc(O)cc3C)c3c(N)ncnc32)C1. The van der Waals surface area contributed by atoms with Crippen LogP contribution in [0.15, 0.2) is 37.2 Å². The second kappa shape index (κ2) is 8.05. The van der Waals surface area contributed by atoms with E-state index in [1.54, 1.807) is 28.6 Å². The van der Waals surface area contributed by atoms with Gasteiger partial charge in [-0.2, -0.15) is 5.10 Å². The van der Waals surface area contributed by atoms with Crippen LogP contribution in [-0.2, 0) is 4.79 Å². The predicted octanol–water partition coefficient (Wildman–Crippen LogP) is 2.02. The Morgan fingerprint density at radius 1 is 1.35 bits per heavy atom. The van der Waals surface area contributed by atoms with E-state index in [4.69, 9.17) is 5.73 Å². The van der Waals surface area contributed by atoms with Crippen molar-refractivity contribution < 1.29 is 14.7 Å². The molecule has 0 saturated carbocycles. The molecule has 4 rings (SSSR count). The molecule has 3 heterocycles. The van der Waals surface area contributed by atoms with E-state index in [-0.39, 0.29) is 29.2 Å². The summed E-state index contributed by atoms with van der Waals surface area (Å²) < 4.78 is 1.66. The van der Waals surface area contributed by atoms with Crippen LogP contribution in [-0.4, -0.2) is 54.7 Å². The third-order valence-electron chi connectivity index (χ3n) is 5.42. The summed E-state index contributed by atoms with van der Waals surface area (Å²) in [5.74, 6) is -0.345. The van der Waals surface area contributed by atoms with Gasteiger partial charge in [0.1, 0.15) is 17.9 Å². The van der Waals surface area contributed by atoms with Crippen LogP contribution in [0.25, 0.3) is 11.0 Å². The van der Waals surface area contributed by atoms with Crippen LogP contribution in [0.5, 0.6) is 5.75 Å². The van der Waals surface area contributed by atoms with E-state index in [0.29, 0.717) is 35.4 Å². The van der Waals surface area contributed by atoms with E-state index in [2.05, 4.69) is 27.0 Å². The average Bonchev–Trinajstić information content (AvgIpc) is 3.16. The van der Waals surface area contributed by atoms with Crippen molar-refractivity contribution in [1.29, 1.82) is 0 Å². The number of piperidine rings is 1. The third-order valence-corrected chi connectivity index (χ3v) is 5.42. The van der Waals surface area contributed by atoms with Crippen LogP contribution >= 0.6 is 0 Å². The van der Waals surface area contributed by atoms with Crippen LogP contribution in [0.1, 0.15) is 34.9 Å². The van der Waals surface area contributed by atoms with E-state index >= 15 is 0 Å². The molecular formula is C21H23N7O3. The number of aryl methyl sites for hydroxylation is 1. The zero-order valence-corrected chi connectivity index (χ0v) is 17.1. The molecule has 1 aliphatic heterocycles. The second-order valence-electron chi connectivity index (χ2n) is 7.49. The van der Waals surface area contributed by atoms with E-state index in [0.717, 1.165) is 12.8 Å². The van der Waals surface area contributed by atoms with Gasteiger partial charge in [0.15, 0.2) is 11.3 Å². The van der Waals surface area contributed by atoms with Gasteiger partial charge in [0.2, 0.25) is 5.91 Å². The number of hydrogen-bond donors (Lipinski definition) is 3. The number of nitrogens with two attached hydrogens (primary N) is 1. The fraction of sp³-hybridized carbons (Fsp3) is 0.286. The Morgan fingerprint density at radius 2 is 2.16 bits per heavy atom. The number of nitrogen functional groups attached to an aromatic ring is 1. The predicted molar refractivity (Wildman–Crippen MR) is 116 cm³/mol. The molecule has 3 aromatic rings. The molecule has 160 valence electrons. The molecule has 31 heavy (non-hydrogen) atoms. The van der Waals surface area contributed by atoms with Crippen molar-refractivity contribution in [1.82, 2.24) is 24.6 Å². The van der Waals surface area contributed by atoms with Crippen molar-refractivity contribution in [3.8, 4) is 5.75 Å². The highest BCUT2D eigenvalue weighted by Gasteiger charge is 2.29. The normalized spacial score (nSPS) is 16.3. The summed E-state index contributed by atoms with van der Waals surface area (Å²) in [6, 6.07) is 4.49. The molecule has 2 amide bonds. The number of amides is 2. The monoisotopic (exact) mass is 421 g/mol. The maximum atomic E-state index is 13.1. The Balaban J connectivity index is 1.72. The number of rotatable bonds is 4. The van der Waals surface area contributed by atoms with Gasteiger partial charge in [-0.1, -0.05) is 6.58 Å². The number of nitrogens with zero attached hydrogens (tertiary/aromatic N) is 5. The molecule has 1 aromatic carbocycles. The Bertz CT molecular complexity index is 1190. The fourth-order valence-corrected chi connectivity index (χ4v) is 3.86. The fourth-order valence-electron chi connectivity index (χ4n) is 3.86. The number of carbonyl (C=O) groups excluding carboxylic acids is 2. The molecule has 2 aromatic heterocycles. The zero-order valence-electron chi connectivity index (χ0n) is 17.1. The van der Waals surface area contributed by atoms with Crippen LogP contribution in [0.2, 0.25) is 0 Å². The summed E-state index contributed by atoms with van der Waals surface area (Å²) in [6.07, 6.45) is 4.19. The number of phenolic OH excluding ortho intramolecular Hbond substituents is 1. The molecule has 0 bridgehead atoms. The van der Waals surface area contributed by atoms with Gasteiger partial charge in [0.05, 0.1) is 11.4 Å². The van der Waals surface area contributed by atoms with Crippen molar-refractivity contribution in [3.63, 3.8) is 0 Å². The average molecular weight is 421 g/mol. The number of aromatic nitrogens is 4. The number of hydrogen-bond acceptors (Lipinski definition) is 7. The quantitative estimate of drug-likeness (QED) is 0.432. The summed E-state index contributed by atoms with van der Waals surface area (Å²) in [5.41, 5.74) is 7.87. The summed E-state index contributed by atoms with van der Waals surface area (Å²) in [5, 5.41) is 17.3. The van der Waals surface area contributed by atoms with Gasteiger partial charge in [-0.15, -0.1) is 0 Å². The van der Waals surface area contributed by atoms with E-state index in [9.17, 15) is 14.7 Å².